The van der Waals surface area contributed by atoms with E-state index in [1.54, 1.807) is 12.1 Å². The second-order valence-corrected chi connectivity index (χ2v) is 3.41. The van der Waals surface area contributed by atoms with E-state index in [9.17, 15) is 8.78 Å². The minimum absolute atomic E-state index is 0.133. The van der Waals surface area contributed by atoms with E-state index >= 15 is 0 Å². The van der Waals surface area contributed by atoms with Gasteiger partial charge in [0.1, 0.15) is 11.6 Å². The molecule has 0 aliphatic heterocycles. The number of rotatable bonds is 2. The monoisotopic (exact) mass is 230 g/mol. The van der Waals surface area contributed by atoms with Gasteiger partial charge in [-0.25, -0.2) is 8.78 Å². The Morgan fingerprint density at radius 1 is 0.941 bits per heavy atom. The van der Waals surface area contributed by atoms with Gasteiger partial charge in [0, 0.05) is 0 Å². The van der Waals surface area contributed by atoms with E-state index in [1.165, 1.54) is 24.3 Å². The number of nitrogens with one attached hydrogen (secondary N) is 1. The van der Waals surface area contributed by atoms with Crippen molar-refractivity contribution in [1.29, 1.82) is 5.26 Å². The molecule has 4 heteroatoms. The topological polar surface area (TPSA) is 35.8 Å². The van der Waals surface area contributed by atoms with E-state index < -0.39 is 11.6 Å². The molecule has 2 nitrogen and oxygen atoms in total. The van der Waals surface area contributed by atoms with Gasteiger partial charge in [0.2, 0.25) is 0 Å². The second-order valence-electron chi connectivity index (χ2n) is 3.41. The van der Waals surface area contributed by atoms with Gasteiger partial charge in [0.25, 0.3) is 0 Å². The zero-order valence-corrected chi connectivity index (χ0v) is 8.74. The predicted octanol–water partition coefficient (Wildman–Crippen LogP) is 3.58. The van der Waals surface area contributed by atoms with Gasteiger partial charge in [-0.05, 0) is 30.3 Å². The third-order valence-electron chi connectivity index (χ3n) is 2.24. The highest BCUT2D eigenvalue weighted by molar-refractivity contribution is 5.61. The Balaban J connectivity index is 2.32. The Morgan fingerprint density at radius 3 is 2.29 bits per heavy atom. The van der Waals surface area contributed by atoms with Crippen LogP contribution in [0.4, 0.5) is 20.2 Å². The van der Waals surface area contributed by atoms with Gasteiger partial charge in [-0.2, -0.15) is 5.26 Å². The van der Waals surface area contributed by atoms with Crippen molar-refractivity contribution in [2.75, 3.05) is 5.32 Å². The van der Waals surface area contributed by atoms with Crippen molar-refractivity contribution in [2.24, 2.45) is 0 Å². The van der Waals surface area contributed by atoms with E-state index in [2.05, 4.69) is 5.32 Å². The fourth-order valence-corrected chi connectivity index (χ4v) is 1.39. The van der Waals surface area contributed by atoms with Crippen LogP contribution in [0.5, 0.6) is 0 Å². The van der Waals surface area contributed by atoms with Crippen molar-refractivity contribution in [3.05, 3.63) is 59.7 Å². The molecule has 2 aromatic rings. The third-order valence-corrected chi connectivity index (χ3v) is 2.24. The highest BCUT2D eigenvalue weighted by atomic mass is 19.1. The molecular weight excluding hydrogens is 222 g/mol. The number of anilines is 2. The third kappa shape index (κ3) is 2.40. The molecule has 0 aliphatic carbocycles. The standard InChI is InChI=1S/C13H8F2N2/c14-10-3-1-2-4-12(10)17-13-6-5-9(8-16)7-11(13)15/h1-7,17H. The molecule has 0 unspecified atom stereocenters. The van der Waals surface area contributed by atoms with Crippen LogP contribution in [-0.4, -0.2) is 0 Å². The molecule has 0 atom stereocenters. The minimum Gasteiger partial charge on any atom is -0.351 e. The molecular formula is C13H8F2N2. The zero-order valence-electron chi connectivity index (χ0n) is 8.74. The SMILES string of the molecule is N#Cc1ccc(Nc2ccccc2F)c(F)c1. The van der Waals surface area contributed by atoms with Crippen molar-refractivity contribution in [1.82, 2.24) is 0 Å². The van der Waals surface area contributed by atoms with Crippen LogP contribution < -0.4 is 5.32 Å². The summed E-state index contributed by atoms with van der Waals surface area (Å²) in [5, 5.41) is 11.2. The molecule has 0 aliphatic rings. The molecule has 17 heavy (non-hydrogen) atoms. The first kappa shape index (κ1) is 11.1. The Hall–Kier alpha value is -2.41. The average Bonchev–Trinajstić information content (AvgIpc) is 2.34. The first-order chi connectivity index (χ1) is 8.20. The van der Waals surface area contributed by atoms with Crippen LogP contribution in [0.3, 0.4) is 0 Å². The van der Waals surface area contributed by atoms with Gasteiger partial charge in [-0.1, -0.05) is 12.1 Å². The summed E-state index contributed by atoms with van der Waals surface area (Å²) in [7, 11) is 0. The van der Waals surface area contributed by atoms with E-state index in [0.717, 1.165) is 6.07 Å². The van der Waals surface area contributed by atoms with Gasteiger partial charge in [-0.3, -0.25) is 0 Å². The molecule has 0 amide bonds. The zero-order chi connectivity index (χ0) is 12.3. The lowest BCUT2D eigenvalue weighted by Gasteiger charge is -2.08. The largest absolute Gasteiger partial charge is 0.351 e. The molecule has 0 aromatic heterocycles. The van der Waals surface area contributed by atoms with Crippen LogP contribution in [0.15, 0.2) is 42.5 Å². The number of hydrogen-bond acceptors (Lipinski definition) is 2. The van der Waals surface area contributed by atoms with Crippen molar-refractivity contribution in [3.8, 4) is 6.07 Å². The van der Waals surface area contributed by atoms with Gasteiger partial charge in [0.15, 0.2) is 0 Å². The average molecular weight is 230 g/mol. The molecule has 0 spiro atoms. The Kier molecular flexibility index (Phi) is 3.01. The maximum Gasteiger partial charge on any atom is 0.147 e. The van der Waals surface area contributed by atoms with Crippen LogP contribution in [0, 0.1) is 23.0 Å². The highest BCUT2D eigenvalue weighted by Gasteiger charge is 2.06. The van der Waals surface area contributed by atoms with Crippen LogP contribution in [-0.2, 0) is 0 Å². The van der Waals surface area contributed by atoms with Crippen molar-refractivity contribution in [2.45, 2.75) is 0 Å². The first-order valence-electron chi connectivity index (χ1n) is 4.92. The van der Waals surface area contributed by atoms with Gasteiger partial charge in [-0.15, -0.1) is 0 Å². The number of benzene rings is 2. The molecule has 1 N–H and O–H groups in total. The van der Waals surface area contributed by atoms with Gasteiger partial charge < -0.3 is 5.32 Å². The van der Waals surface area contributed by atoms with Crippen molar-refractivity contribution >= 4 is 11.4 Å². The Labute approximate surface area is 97.1 Å². The molecule has 84 valence electrons. The molecule has 0 radical (unpaired) electrons. The summed E-state index contributed by atoms with van der Waals surface area (Å²) in [4.78, 5) is 0. The second kappa shape index (κ2) is 4.62. The van der Waals surface area contributed by atoms with Crippen LogP contribution in [0.2, 0.25) is 0 Å². The molecule has 2 rings (SSSR count). The van der Waals surface area contributed by atoms with E-state index in [1.807, 2.05) is 6.07 Å². The molecule has 0 saturated heterocycles. The summed E-state index contributed by atoms with van der Waals surface area (Å²) < 4.78 is 26.8. The summed E-state index contributed by atoms with van der Waals surface area (Å²) >= 11 is 0. The highest BCUT2D eigenvalue weighted by Crippen LogP contribution is 2.22. The molecule has 0 bridgehead atoms. The fraction of sp³-hybridized carbons (Fsp3) is 0. The lowest BCUT2D eigenvalue weighted by molar-refractivity contribution is 0.625. The van der Waals surface area contributed by atoms with Gasteiger partial charge >= 0.3 is 0 Å². The summed E-state index contributed by atoms with van der Waals surface area (Å²) in [5.74, 6) is -1.05. The fourth-order valence-electron chi connectivity index (χ4n) is 1.39. The first-order valence-corrected chi connectivity index (χ1v) is 4.92. The number of para-hydroxylation sites is 1. The smallest absolute Gasteiger partial charge is 0.147 e. The number of nitriles is 1. The lowest BCUT2D eigenvalue weighted by Crippen LogP contribution is -1.96. The molecule has 0 fully saturated rings. The maximum absolute atomic E-state index is 13.5. The number of hydrogen-bond donors (Lipinski definition) is 1. The molecule has 0 saturated carbocycles. The van der Waals surface area contributed by atoms with Crippen LogP contribution in [0.1, 0.15) is 5.56 Å². The molecule has 0 heterocycles. The summed E-state index contributed by atoms with van der Waals surface area (Å²) in [5.41, 5.74) is 0.548. The quantitative estimate of drug-likeness (QED) is 0.855. The summed E-state index contributed by atoms with van der Waals surface area (Å²) in [6.07, 6.45) is 0. The van der Waals surface area contributed by atoms with Gasteiger partial charge in [0.05, 0.1) is 23.0 Å². The summed E-state index contributed by atoms with van der Waals surface area (Å²) in [6.45, 7) is 0. The Morgan fingerprint density at radius 2 is 1.65 bits per heavy atom. The van der Waals surface area contributed by atoms with E-state index in [-0.39, 0.29) is 16.9 Å². The number of halogens is 2. The van der Waals surface area contributed by atoms with Crippen molar-refractivity contribution in [3.63, 3.8) is 0 Å². The number of nitrogens with zero attached hydrogens (tertiary/aromatic N) is 1. The van der Waals surface area contributed by atoms with Crippen molar-refractivity contribution < 1.29 is 8.78 Å². The Bertz CT molecular complexity index is 588. The molecule has 2 aromatic carbocycles. The minimum atomic E-state index is -0.590. The normalized spacial score (nSPS) is 9.71. The van der Waals surface area contributed by atoms with E-state index in [4.69, 9.17) is 5.26 Å². The summed E-state index contributed by atoms with van der Waals surface area (Å²) in [6, 6.07) is 11.8. The van der Waals surface area contributed by atoms with E-state index in [0.29, 0.717) is 0 Å². The predicted molar refractivity (Wildman–Crippen MR) is 60.8 cm³/mol. The van der Waals surface area contributed by atoms with Crippen LogP contribution in [0.25, 0.3) is 0 Å². The lowest BCUT2D eigenvalue weighted by atomic mass is 10.2. The maximum atomic E-state index is 13.5. The van der Waals surface area contributed by atoms with Crippen LogP contribution >= 0.6 is 0 Å².